The van der Waals surface area contributed by atoms with Gasteiger partial charge in [0, 0.05) is 19.6 Å². The van der Waals surface area contributed by atoms with Gasteiger partial charge in [-0.2, -0.15) is 0 Å². The van der Waals surface area contributed by atoms with Gasteiger partial charge in [0.25, 0.3) is 0 Å². The predicted molar refractivity (Wildman–Crippen MR) is 67.4 cm³/mol. The average Bonchev–Trinajstić information content (AvgIpc) is 2.72. The Morgan fingerprint density at radius 2 is 2.24 bits per heavy atom. The maximum absolute atomic E-state index is 3.91. The van der Waals surface area contributed by atoms with Gasteiger partial charge in [-0.05, 0) is 19.4 Å². The fraction of sp³-hybridized carbons (Fsp3) is 0.385. The molecule has 0 saturated carbocycles. The molecule has 4 heteroatoms. The van der Waals surface area contributed by atoms with E-state index in [9.17, 15) is 0 Å². The van der Waals surface area contributed by atoms with Crippen LogP contribution in [0.1, 0.15) is 29.8 Å². The van der Waals surface area contributed by atoms with Gasteiger partial charge in [-0.1, -0.05) is 35.0 Å². The Hall–Kier alpha value is -1.68. The summed E-state index contributed by atoms with van der Waals surface area (Å²) in [6.45, 7) is 5.05. The second-order valence-corrected chi connectivity index (χ2v) is 4.37. The van der Waals surface area contributed by atoms with Crippen LogP contribution in [0, 0.1) is 6.92 Å². The lowest BCUT2D eigenvalue weighted by atomic mass is 10.1. The average molecular weight is 230 g/mol. The van der Waals surface area contributed by atoms with E-state index in [1.807, 2.05) is 7.05 Å². The van der Waals surface area contributed by atoms with Crippen molar-refractivity contribution in [1.29, 1.82) is 0 Å². The number of nitrogens with zero attached hydrogens (tertiary/aromatic N) is 3. The quantitative estimate of drug-likeness (QED) is 0.873. The summed E-state index contributed by atoms with van der Waals surface area (Å²) < 4.78 is 1.79. The first kappa shape index (κ1) is 11.8. The highest BCUT2D eigenvalue weighted by atomic mass is 15.4. The van der Waals surface area contributed by atoms with Crippen LogP contribution in [-0.4, -0.2) is 15.0 Å². The first-order valence-electron chi connectivity index (χ1n) is 5.80. The zero-order chi connectivity index (χ0) is 12.3. The van der Waals surface area contributed by atoms with E-state index in [0.717, 1.165) is 12.2 Å². The summed E-state index contributed by atoms with van der Waals surface area (Å²) in [5.41, 5.74) is 3.68. The van der Waals surface area contributed by atoms with Crippen LogP contribution in [-0.2, 0) is 13.6 Å². The minimum absolute atomic E-state index is 0.324. The number of aryl methyl sites for hydroxylation is 2. The van der Waals surface area contributed by atoms with Crippen LogP contribution in [0.4, 0.5) is 0 Å². The van der Waals surface area contributed by atoms with E-state index in [2.05, 4.69) is 53.7 Å². The Bertz CT molecular complexity index is 490. The van der Waals surface area contributed by atoms with Gasteiger partial charge in [0.2, 0.25) is 0 Å². The molecule has 4 nitrogen and oxygen atoms in total. The number of benzene rings is 1. The second-order valence-electron chi connectivity index (χ2n) is 4.37. The molecule has 1 atom stereocenters. The molecule has 0 radical (unpaired) electrons. The molecule has 0 saturated heterocycles. The zero-order valence-corrected chi connectivity index (χ0v) is 10.5. The van der Waals surface area contributed by atoms with Crippen LogP contribution >= 0.6 is 0 Å². The van der Waals surface area contributed by atoms with Gasteiger partial charge in [-0.3, -0.25) is 4.68 Å². The van der Waals surface area contributed by atoms with Gasteiger partial charge in [-0.25, -0.2) is 0 Å². The highest BCUT2D eigenvalue weighted by Gasteiger charge is 2.06. The smallest absolute Gasteiger partial charge is 0.0738 e. The molecule has 1 N–H and O–H groups in total. The van der Waals surface area contributed by atoms with E-state index in [-0.39, 0.29) is 0 Å². The van der Waals surface area contributed by atoms with E-state index in [0.29, 0.717) is 6.04 Å². The molecule has 2 rings (SSSR count). The first-order chi connectivity index (χ1) is 8.16. The third-order valence-electron chi connectivity index (χ3n) is 2.94. The molecule has 0 aliphatic rings. The molecule has 0 bridgehead atoms. The van der Waals surface area contributed by atoms with E-state index >= 15 is 0 Å². The first-order valence-corrected chi connectivity index (χ1v) is 5.80. The van der Waals surface area contributed by atoms with Crippen LogP contribution in [0.25, 0.3) is 0 Å². The summed E-state index contributed by atoms with van der Waals surface area (Å²) in [6.07, 6.45) is 1.79. The standard InChI is InChI=1S/C13H18N4/c1-10-5-4-6-12(7-10)11(2)14-8-13-9-15-16-17(13)3/h4-7,9,11,14H,8H2,1-3H3/t11-/m0/s1. The maximum atomic E-state index is 3.91. The monoisotopic (exact) mass is 230 g/mol. The van der Waals surface area contributed by atoms with E-state index < -0.39 is 0 Å². The number of nitrogens with one attached hydrogen (secondary N) is 1. The molecule has 1 heterocycles. The number of hydrogen-bond acceptors (Lipinski definition) is 3. The van der Waals surface area contributed by atoms with Crippen molar-refractivity contribution < 1.29 is 0 Å². The summed E-state index contributed by atoms with van der Waals surface area (Å²) >= 11 is 0. The molecule has 0 aliphatic heterocycles. The van der Waals surface area contributed by atoms with Crippen molar-refractivity contribution in [2.75, 3.05) is 0 Å². The highest BCUT2D eigenvalue weighted by Crippen LogP contribution is 2.14. The lowest BCUT2D eigenvalue weighted by Crippen LogP contribution is -2.19. The minimum atomic E-state index is 0.324. The minimum Gasteiger partial charge on any atom is -0.305 e. The highest BCUT2D eigenvalue weighted by molar-refractivity contribution is 5.24. The van der Waals surface area contributed by atoms with Gasteiger partial charge in [-0.15, -0.1) is 5.10 Å². The van der Waals surface area contributed by atoms with Crippen molar-refractivity contribution >= 4 is 0 Å². The summed E-state index contributed by atoms with van der Waals surface area (Å²) in [5, 5.41) is 11.2. The van der Waals surface area contributed by atoms with Gasteiger partial charge in [0.15, 0.2) is 0 Å². The summed E-state index contributed by atoms with van der Waals surface area (Å²) in [6, 6.07) is 8.88. The Kier molecular flexibility index (Phi) is 3.54. The van der Waals surface area contributed by atoms with Crippen molar-refractivity contribution in [3.63, 3.8) is 0 Å². The van der Waals surface area contributed by atoms with Crippen LogP contribution < -0.4 is 5.32 Å². The van der Waals surface area contributed by atoms with Crippen LogP contribution in [0.2, 0.25) is 0 Å². The third kappa shape index (κ3) is 2.91. The summed E-state index contributed by atoms with van der Waals surface area (Å²) in [7, 11) is 1.90. The zero-order valence-electron chi connectivity index (χ0n) is 10.5. The normalized spacial score (nSPS) is 12.6. The van der Waals surface area contributed by atoms with E-state index in [1.165, 1.54) is 11.1 Å². The number of aromatic nitrogens is 3. The maximum Gasteiger partial charge on any atom is 0.0738 e. The summed E-state index contributed by atoms with van der Waals surface area (Å²) in [5.74, 6) is 0. The molecule has 0 amide bonds. The Balaban J connectivity index is 1.98. The van der Waals surface area contributed by atoms with E-state index in [4.69, 9.17) is 0 Å². The molecule has 1 aromatic carbocycles. The second kappa shape index (κ2) is 5.10. The molecule has 17 heavy (non-hydrogen) atoms. The van der Waals surface area contributed by atoms with Gasteiger partial charge in [0.05, 0.1) is 11.9 Å². The van der Waals surface area contributed by atoms with Crippen molar-refractivity contribution in [3.8, 4) is 0 Å². The molecule has 0 fully saturated rings. The Labute approximate surface area is 102 Å². The molecular formula is C13H18N4. The Morgan fingerprint density at radius 3 is 2.88 bits per heavy atom. The lowest BCUT2D eigenvalue weighted by Gasteiger charge is -2.14. The molecular weight excluding hydrogens is 212 g/mol. The van der Waals surface area contributed by atoms with E-state index in [1.54, 1.807) is 10.9 Å². The number of hydrogen-bond donors (Lipinski definition) is 1. The molecule has 90 valence electrons. The predicted octanol–water partition coefficient (Wildman–Crippen LogP) is 1.97. The van der Waals surface area contributed by atoms with Crippen LogP contribution in [0.15, 0.2) is 30.5 Å². The van der Waals surface area contributed by atoms with Crippen molar-refractivity contribution in [1.82, 2.24) is 20.3 Å². The topological polar surface area (TPSA) is 42.7 Å². The lowest BCUT2D eigenvalue weighted by molar-refractivity contribution is 0.546. The van der Waals surface area contributed by atoms with Crippen molar-refractivity contribution in [2.24, 2.45) is 7.05 Å². The van der Waals surface area contributed by atoms with Crippen LogP contribution in [0.3, 0.4) is 0 Å². The molecule has 0 unspecified atom stereocenters. The number of rotatable bonds is 4. The molecule has 0 aliphatic carbocycles. The summed E-state index contributed by atoms with van der Waals surface area (Å²) in [4.78, 5) is 0. The van der Waals surface area contributed by atoms with Crippen molar-refractivity contribution in [3.05, 3.63) is 47.3 Å². The largest absolute Gasteiger partial charge is 0.305 e. The molecule has 1 aromatic heterocycles. The fourth-order valence-electron chi connectivity index (χ4n) is 1.79. The third-order valence-corrected chi connectivity index (χ3v) is 2.94. The fourth-order valence-corrected chi connectivity index (χ4v) is 1.79. The Morgan fingerprint density at radius 1 is 1.41 bits per heavy atom. The van der Waals surface area contributed by atoms with Crippen molar-refractivity contribution in [2.45, 2.75) is 26.4 Å². The SMILES string of the molecule is Cc1cccc([C@H](C)NCc2cnnn2C)c1. The van der Waals surface area contributed by atoms with Crippen LogP contribution in [0.5, 0.6) is 0 Å². The molecule has 0 spiro atoms. The van der Waals surface area contributed by atoms with Gasteiger partial charge < -0.3 is 5.32 Å². The molecule has 2 aromatic rings. The van der Waals surface area contributed by atoms with Gasteiger partial charge in [0.1, 0.15) is 0 Å². The van der Waals surface area contributed by atoms with Gasteiger partial charge >= 0.3 is 0 Å².